The van der Waals surface area contributed by atoms with Crippen molar-refractivity contribution < 1.29 is 4.79 Å². The van der Waals surface area contributed by atoms with E-state index in [1.54, 1.807) is 11.3 Å². The minimum Gasteiger partial charge on any atom is -0.338 e. The maximum atomic E-state index is 12.9. The van der Waals surface area contributed by atoms with Crippen LogP contribution in [0.4, 0.5) is 0 Å². The molecule has 1 saturated heterocycles. The molecule has 1 unspecified atom stereocenters. The molecule has 1 aliphatic rings. The maximum absolute atomic E-state index is 12.9. The monoisotopic (exact) mass is 429 g/mol. The summed E-state index contributed by atoms with van der Waals surface area (Å²) >= 11 is 1.70. The number of nitrogens with one attached hydrogen (secondary N) is 1. The first-order valence-corrected chi connectivity index (χ1v) is 9.81. The van der Waals surface area contributed by atoms with E-state index in [4.69, 9.17) is 4.98 Å². The average Bonchev–Trinajstić information content (AvgIpc) is 3.02. The molecule has 2 aromatic rings. The third-order valence-electron chi connectivity index (χ3n) is 5.13. The maximum Gasteiger partial charge on any atom is 0.226 e. The minimum absolute atomic E-state index is 0. The Balaban J connectivity index is 0.00000182. The predicted octanol–water partition coefficient (Wildman–Crippen LogP) is 4.87. The minimum atomic E-state index is 0. The number of aromatic nitrogens is 1. The molecule has 0 saturated carbocycles. The van der Waals surface area contributed by atoms with E-state index in [9.17, 15) is 4.79 Å². The predicted molar refractivity (Wildman–Crippen MR) is 118 cm³/mol. The number of halogens is 2. The molecule has 7 heteroatoms. The van der Waals surface area contributed by atoms with Gasteiger partial charge in [-0.2, -0.15) is 0 Å². The van der Waals surface area contributed by atoms with Crippen molar-refractivity contribution in [2.75, 3.05) is 13.6 Å². The van der Waals surface area contributed by atoms with Crippen molar-refractivity contribution in [3.8, 4) is 10.6 Å². The fourth-order valence-electron chi connectivity index (χ4n) is 3.51. The summed E-state index contributed by atoms with van der Waals surface area (Å²) in [5, 5.41) is 4.44. The molecule has 1 amide bonds. The molecule has 3 rings (SSSR count). The summed E-state index contributed by atoms with van der Waals surface area (Å²) in [5.41, 5.74) is 2.16. The largest absolute Gasteiger partial charge is 0.338 e. The van der Waals surface area contributed by atoms with Gasteiger partial charge >= 0.3 is 0 Å². The van der Waals surface area contributed by atoms with Gasteiger partial charge in [-0.05, 0) is 40.2 Å². The Kier molecular flexibility index (Phi) is 9.22. The Hall–Kier alpha value is -1.14. The summed E-state index contributed by atoms with van der Waals surface area (Å²) in [6.45, 7) is 7.23. The van der Waals surface area contributed by atoms with Gasteiger partial charge < -0.3 is 10.2 Å². The van der Waals surface area contributed by atoms with Crippen LogP contribution in [0.3, 0.4) is 0 Å². The summed E-state index contributed by atoms with van der Waals surface area (Å²) in [6, 6.07) is 10.7. The molecule has 0 bridgehead atoms. The van der Waals surface area contributed by atoms with Crippen LogP contribution in [0, 0.1) is 12.8 Å². The lowest BCUT2D eigenvalue weighted by Gasteiger charge is -2.33. The highest BCUT2D eigenvalue weighted by atomic mass is 35.5. The van der Waals surface area contributed by atoms with Gasteiger partial charge in [0.15, 0.2) is 0 Å². The van der Waals surface area contributed by atoms with Crippen LogP contribution in [-0.2, 0) is 4.79 Å². The van der Waals surface area contributed by atoms with Crippen molar-refractivity contribution in [1.29, 1.82) is 0 Å². The number of carbonyl (C=O) groups is 1. The van der Waals surface area contributed by atoms with E-state index in [2.05, 4.69) is 31.3 Å². The molecule has 4 nitrogen and oxygen atoms in total. The molecular weight excluding hydrogens is 401 g/mol. The number of nitrogens with zero attached hydrogens (tertiary/aromatic N) is 2. The summed E-state index contributed by atoms with van der Waals surface area (Å²) in [5.74, 6) is 0.389. The summed E-state index contributed by atoms with van der Waals surface area (Å²) in [4.78, 5) is 20.8. The quantitative estimate of drug-likeness (QED) is 0.753. The van der Waals surface area contributed by atoms with Gasteiger partial charge in [-0.25, -0.2) is 4.98 Å². The zero-order valence-corrected chi connectivity index (χ0v) is 18.7. The summed E-state index contributed by atoms with van der Waals surface area (Å²) in [6.07, 6.45) is 1.85. The molecule has 1 N–H and O–H groups in total. The zero-order valence-electron chi connectivity index (χ0n) is 16.3. The number of carbonyl (C=O) groups excluding carboxylic acids is 1. The molecular formula is C20H29Cl2N3OS. The van der Waals surface area contributed by atoms with Crippen molar-refractivity contribution in [3.63, 3.8) is 0 Å². The van der Waals surface area contributed by atoms with Crippen LogP contribution in [0.5, 0.6) is 0 Å². The molecule has 150 valence electrons. The molecule has 27 heavy (non-hydrogen) atoms. The summed E-state index contributed by atoms with van der Waals surface area (Å²) < 4.78 is 0. The van der Waals surface area contributed by atoms with Crippen LogP contribution in [0.1, 0.15) is 43.3 Å². The van der Waals surface area contributed by atoms with E-state index in [1.165, 1.54) is 4.88 Å². The molecule has 0 spiro atoms. The Morgan fingerprint density at radius 1 is 1.30 bits per heavy atom. The highest BCUT2D eigenvalue weighted by Gasteiger charge is 2.30. The van der Waals surface area contributed by atoms with Crippen LogP contribution in [0.25, 0.3) is 10.6 Å². The van der Waals surface area contributed by atoms with Crippen LogP contribution in [0.2, 0.25) is 0 Å². The zero-order chi connectivity index (χ0) is 18.0. The topological polar surface area (TPSA) is 45.2 Å². The molecule has 1 fully saturated rings. The number of piperidine rings is 1. The van der Waals surface area contributed by atoms with Crippen molar-refractivity contribution in [1.82, 2.24) is 15.2 Å². The van der Waals surface area contributed by atoms with Gasteiger partial charge in [0.2, 0.25) is 5.91 Å². The number of aryl methyl sites for hydroxylation is 1. The van der Waals surface area contributed by atoms with Crippen molar-refractivity contribution in [3.05, 3.63) is 40.9 Å². The number of hydrogen-bond donors (Lipinski definition) is 1. The highest BCUT2D eigenvalue weighted by molar-refractivity contribution is 7.15. The average molecular weight is 430 g/mol. The standard InChI is InChI=1S/C20H27N3OS.2ClH/c1-13-12-17(10-11-21-13)20(24)23(4)15(3)18-14(2)22-19(25-18)16-8-6-5-7-9-16;;/h5-9,13,15,17,21H,10-12H2,1-4H3;2*1H/t13-,15?,17-;;/m0../s1. The van der Waals surface area contributed by atoms with Gasteiger partial charge in [-0.15, -0.1) is 36.2 Å². The molecule has 1 aromatic carbocycles. The fourth-order valence-corrected chi connectivity index (χ4v) is 4.68. The lowest BCUT2D eigenvalue weighted by atomic mass is 9.91. The molecule has 1 aliphatic heterocycles. The number of benzene rings is 1. The highest BCUT2D eigenvalue weighted by Crippen LogP contribution is 2.34. The first kappa shape index (κ1) is 23.9. The van der Waals surface area contributed by atoms with E-state index in [-0.39, 0.29) is 42.7 Å². The Morgan fingerprint density at radius 2 is 1.96 bits per heavy atom. The van der Waals surface area contributed by atoms with Gasteiger partial charge in [-0.1, -0.05) is 30.3 Å². The normalized spacial score (nSPS) is 20.1. The smallest absolute Gasteiger partial charge is 0.226 e. The van der Waals surface area contributed by atoms with Crippen molar-refractivity contribution in [2.45, 2.75) is 45.7 Å². The number of thiazole rings is 1. The summed E-state index contributed by atoms with van der Waals surface area (Å²) in [7, 11) is 1.93. The van der Waals surface area contributed by atoms with Gasteiger partial charge in [0, 0.05) is 24.6 Å². The molecule has 3 atom stereocenters. The number of amides is 1. The van der Waals surface area contributed by atoms with Crippen molar-refractivity contribution in [2.24, 2.45) is 5.92 Å². The second kappa shape index (κ2) is 10.4. The first-order chi connectivity index (χ1) is 12.0. The third kappa shape index (κ3) is 5.44. The Morgan fingerprint density at radius 3 is 2.59 bits per heavy atom. The van der Waals surface area contributed by atoms with Gasteiger partial charge in [-0.3, -0.25) is 4.79 Å². The van der Waals surface area contributed by atoms with Gasteiger partial charge in [0.25, 0.3) is 0 Å². The lowest BCUT2D eigenvalue weighted by molar-refractivity contribution is -0.137. The van der Waals surface area contributed by atoms with E-state index < -0.39 is 0 Å². The lowest BCUT2D eigenvalue weighted by Crippen LogP contribution is -2.43. The molecule has 2 heterocycles. The molecule has 0 aliphatic carbocycles. The van der Waals surface area contributed by atoms with Crippen LogP contribution in [0.15, 0.2) is 30.3 Å². The first-order valence-electron chi connectivity index (χ1n) is 9.00. The Labute approximate surface area is 178 Å². The van der Waals surface area contributed by atoms with Crippen LogP contribution in [-0.4, -0.2) is 35.4 Å². The second-order valence-electron chi connectivity index (χ2n) is 7.04. The SMILES string of the molecule is Cc1nc(-c2ccccc2)sc1C(C)N(C)C(=O)[C@H]1CCN[C@@H](C)C1.Cl.Cl. The number of hydrogen-bond acceptors (Lipinski definition) is 4. The third-order valence-corrected chi connectivity index (χ3v) is 6.51. The van der Waals surface area contributed by atoms with E-state index >= 15 is 0 Å². The van der Waals surface area contributed by atoms with Gasteiger partial charge in [0.05, 0.1) is 16.6 Å². The van der Waals surface area contributed by atoms with E-state index in [1.807, 2.05) is 37.1 Å². The van der Waals surface area contributed by atoms with Crippen LogP contribution < -0.4 is 5.32 Å². The molecule has 1 aromatic heterocycles. The van der Waals surface area contributed by atoms with E-state index in [0.717, 1.165) is 35.7 Å². The van der Waals surface area contributed by atoms with Crippen LogP contribution >= 0.6 is 36.2 Å². The fraction of sp³-hybridized carbons (Fsp3) is 0.500. The van der Waals surface area contributed by atoms with E-state index in [0.29, 0.717) is 6.04 Å². The van der Waals surface area contributed by atoms with Crippen molar-refractivity contribution >= 4 is 42.1 Å². The second-order valence-corrected chi connectivity index (χ2v) is 8.07. The Bertz CT molecular complexity index is 738. The van der Waals surface area contributed by atoms with Gasteiger partial charge in [0.1, 0.15) is 5.01 Å². The molecule has 0 radical (unpaired) electrons. The number of rotatable bonds is 4.